The van der Waals surface area contributed by atoms with E-state index in [0.29, 0.717) is 31.1 Å². The normalized spacial score (nSPS) is 17.5. The standard InChI is InChI=1S/C22H30N4O3S2/c1-3-5-13-25(19-11-14-31(28,29)17-19)21(27)16-30-22-24-23-20(26(22)12-4-2)15-18-9-7-6-8-10-18/h4,6-10,19H,2-3,5,11-17H2,1H3. The van der Waals surface area contributed by atoms with Crippen molar-refractivity contribution >= 4 is 27.5 Å². The van der Waals surface area contributed by atoms with Gasteiger partial charge in [0.1, 0.15) is 5.82 Å². The van der Waals surface area contributed by atoms with Crippen molar-refractivity contribution in [2.75, 3.05) is 23.8 Å². The second kappa shape index (κ2) is 10.9. The van der Waals surface area contributed by atoms with Gasteiger partial charge in [-0.3, -0.25) is 4.79 Å². The van der Waals surface area contributed by atoms with Gasteiger partial charge in [0.15, 0.2) is 15.0 Å². The summed E-state index contributed by atoms with van der Waals surface area (Å²) in [4.78, 5) is 14.8. The number of thioether (sulfide) groups is 1. The molecule has 1 fully saturated rings. The van der Waals surface area contributed by atoms with Crippen molar-refractivity contribution in [2.24, 2.45) is 0 Å². The number of rotatable bonds is 11. The fourth-order valence-corrected chi connectivity index (χ4v) is 6.30. The fourth-order valence-electron chi connectivity index (χ4n) is 3.72. The summed E-state index contributed by atoms with van der Waals surface area (Å²) >= 11 is 1.35. The Balaban J connectivity index is 1.69. The Morgan fingerprint density at radius 2 is 2.10 bits per heavy atom. The lowest BCUT2D eigenvalue weighted by molar-refractivity contribution is -0.130. The molecular weight excluding hydrogens is 432 g/mol. The van der Waals surface area contributed by atoms with Gasteiger partial charge in [0.05, 0.1) is 17.3 Å². The smallest absolute Gasteiger partial charge is 0.233 e. The number of carbonyl (C=O) groups excluding carboxylic acids is 1. The van der Waals surface area contributed by atoms with Crippen molar-refractivity contribution < 1.29 is 13.2 Å². The minimum absolute atomic E-state index is 0.0432. The molecule has 1 aromatic carbocycles. The molecule has 2 heterocycles. The third kappa shape index (κ3) is 6.43. The highest BCUT2D eigenvalue weighted by Gasteiger charge is 2.34. The van der Waals surface area contributed by atoms with Crippen LogP contribution < -0.4 is 0 Å². The van der Waals surface area contributed by atoms with E-state index >= 15 is 0 Å². The van der Waals surface area contributed by atoms with E-state index < -0.39 is 9.84 Å². The lowest BCUT2D eigenvalue weighted by atomic mass is 10.1. The van der Waals surface area contributed by atoms with Crippen LogP contribution >= 0.6 is 11.8 Å². The topological polar surface area (TPSA) is 85.2 Å². The first-order chi connectivity index (χ1) is 14.9. The number of amides is 1. The van der Waals surface area contributed by atoms with Crippen LogP contribution in [0.15, 0.2) is 48.1 Å². The van der Waals surface area contributed by atoms with Crippen LogP contribution in [-0.2, 0) is 27.6 Å². The highest BCUT2D eigenvalue weighted by atomic mass is 32.2. The Labute approximate surface area is 188 Å². The maximum atomic E-state index is 13.0. The van der Waals surface area contributed by atoms with Crippen LogP contribution in [0.4, 0.5) is 0 Å². The van der Waals surface area contributed by atoms with Crippen molar-refractivity contribution in [3.63, 3.8) is 0 Å². The third-order valence-electron chi connectivity index (χ3n) is 5.36. The first-order valence-electron chi connectivity index (χ1n) is 10.6. The number of aromatic nitrogens is 3. The quantitative estimate of drug-likeness (QED) is 0.377. The van der Waals surface area contributed by atoms with E-state index in [9.17, 15) is 13.2 Å². The Hall–Kier alpha value is -2.13. The van der Waals surface area contributed by atoms with Crippen LogP contribution in [0.2, 0.25) is 0 Å². The molecule has 2 aromatic rings. The fraction of sp³-hybridized carbons (Fsp3) is 0.500. The molecule has 1 aromatic heterocycles. The molecule has 168 valence electrons. The van der Waals surface area contributed by atoms with E-state index in [2.05, 4.69) is 23.7 Å². The predicted octanol–water partition coefficient (Wildman–Crippen LogP) is 2.96. The zero-order valence-corrected chi connectivity index (χ0v) is 19.6. The summed E-state index contributed by atoms with van der Waals surface area (Å²) in [5.41, 5.74) is 1.14. The summed E-state index contributed by atoms with van der Waals surface area (Å²) in [6.45, 7) is 7.05. The number of allylic oxidation sites excluding steroid dienone is 1. The molecule has 0 spiro atoms. The minimum Gasteiger partial charge on any atom is -0.338 e. The molecule has 7 nitrogen and oxygen atoms in total. The minimum atomic E-state index is -3.04. The van der Waals surface area contributed by atoms with E-state index in [-0.39, 0.29) is 29.2 Å². The lowest BCUT2D eigenvalue weighted by Crippen LogP contribution is -2.42. The Morgan fingerprint density at radius 1 is 1.32 bits per heavy atom. The van der Waals surface area contributed by atoms with E-state index in [1.54, 1.807) is 11.0 Å². The summed E-state index contributed by atoms with van der Waals surface area (Å²) in [7, 11) is -3.04. The van der Waals surface area contributed by atoms with Gasteiger partial charge in [-0.1, -0.05) is 61.5 Å². The number of sulfone groups is 1. The molecule has 1 unspecified atom stereocenters. The molecule has 1 atom stereocenters. The summed E-state index contributed by atoms with van der Waals surface area (Å²) in [5, 5.41) is 9.32. The van der Waals surface area contributed by atoms with Crippen LogP contribution in [0.5, 0.6) is 0 Å². The average molecular weight is 463 g/mol. The molecule has 31 heavy (non-hydrogen) atoms. The van der Waals surface area contributed by atoms with Gasteiger partial charge in [-0.25, -0.2) is 8.42 Å². The number of hydrogen-bond acceptors (Lipinski definition) is 6. The molecule has 0 N–H and O–H groups in total. The maximum absolute atomic E-state index is 13.0. The number of carbonyl (C=O) groups is 1. The van der Waals surface area contributed by atoms with Gasteiger partial charge in [0.2, 0.25) is 5.91 Å². The highest BCUT2D eigenvalue weighted by molar-refractivity contribution is 7.99. The van der Waals surface area contributed by atoms with Crippen LogP contribution in [0.25, 0.3) is 0 Å². The van der Waals surface area contributed by atoms with Crippen molar-refractivity contribution in [1.82, 2.24) is 19.7 Å². The van der Waals surface area contributed by atoms with E-state index in [0.717, 1.165) is 24.2 Å². The van der Waals surface area contributed by atoms with Gasteiger partial charge in [0, 0.05) is 25.6 Å². The molecule has 0 aliphatic carbocycles. The number of nitrogens with zero attached hydrogens (tertiary/aromatic N) is 4. The van der Waals surface area contributed by atoms with Crippen molar-refractivity contribution in [3.8, 4) is 0 Å². The molecule has 1 aliphatic rings. The largest absolute Gasteiger partial charge is 0.338 e. The summed E-state index contributed by atoms with van der Waals surface area (Å²) < 4.78 is 25.8. The van der Waals surface area contributed by atoms with Crippen molar-refractivity contribution in [2.45, 2.75) is 50.4 Å². The third-order valence-corrected chi connectivity index (χ3v) is 8.06. The van der Waals surface area contributed by atoms with Crippen molar-refractivity contribution in [1.29, 1.82) is 0 Å². The Kier molecular flexibility index (Phi) is 8.31. The maximum Gasteiger partial charge on any atom is 0.233 e. The molecule has 9 heteroatoms. The molecule has 3 rings (SSSR count). The van der Waals surface area contributed by atoms with Crippen LogP contribution in [0.1, 0.15) is 37.6 Å². The van der Waals surface area contributed by atoms with E-state index in [1.165, 1.54) is 11.8 Å². The zero-order chi connectivity index (χ0) is 22.3. The van der Waals surface area contributed by atoms with Crippen LogP contribution in [-0.4, -0.2) is 63.8 Å². The van der Waals surface area contributed by atoms with E-state index in [1.807, 2.05) is 34.9 Å². The number of unbranched alkanes of at least 4 members (excludes halogenated alkanes) is 1. The van der Waals surface area contributed by atoms with Crippen LogP contribution in [0.3, 0.4) is 0 Å². The highest BCUT2D eigenvalue weighted by Crippen LogP contribution is 2.23. The second-order valence-electron chi connectivity index (χ2n) is 7.75. The van der Waals surface area contributed by atoms with Gasteiger partial charge in [-0.2, -0.15) is 0 Å². The van der Waals surface area contributed by atoms with E-state index in [4.69, 9.17) is 0 Å². The van der Waals surface area contributed by atoms with Gasteiger partial charge in [-0.15, -0.1) is 16.8 Å². The van der Waals surface area contributed by atoms with Crippen LogP contribution in [0, 0.1) is 0 Å². The molecule has 0 radical (unpaired) electrons. The number of benzene rings is 1. The van der Waals surface area contributed by atoms with Gasteiger partial charge in [-0.05, 0) is 18.4 Å². The monoisotopic (exact) mass is 462 g/mol. The number of hydrogen-bond donors (Lipinski definition) is 0. The second-order valence-corrected chi connectivity index (χ2v) is 10.9. The van der Waals surface area contributed by atoms with Gasteiger partial charge in [0.25, 0.3) is 0 Å². The first-order valence-corrected chi connectivity index (χ1v) is 13.4. The molecule has 1 amide bonds. The predicted molar refractivity (Wildman–Crippen MR) is 124 cm³/mol. The zero-order valence-electron chi connectivity index (χ0n) is 17.9. The van der Waals surface area contributed by atoms with Gasteiger partial charge < -0.3 is 9.47 Å². The molecule has 0 saturated carbocycles. The SMILES string of the molecule is C=CCn1c(Cc2ccccc2)nnc1SCC(=O)N(CCCC)C1CCS(=O)(=O)C1. The first kappa shape index (κ1) is 23.5. The molecular formula is C22H30N4O3S2. The lowest BCUT2D eigenvalue weighted by Gasteiger charge is -2.28. The molecule has 1 saturated heterocycles. The molecule has 0 bridgehead atoms. The Morgan fingerprint density at radius 3 is 2.74 bits per heavy atom. The summed E-state index contributed by atoms with van der Waals surface area (Å²) in [6.07, 6.45) is 4.78. The Bertz CT molecular complexity index is 989. The average Bonchev–Trinajstić information content (AvgIpc) is 3.30. The summed E-state index contributed by atoms with van der Waals surface area (Å²) in [5.74, 6) is 1.23. The summed E-state index contributed by atoms with van der Waals surface area (Å²) in [6, 6.07) is 9.84. The van der Waals surface area contributed by atoms with Gasteiger partial charge >= 0.3 is 0 Å². The molecule has 1 aliphatic heterocycles. The van der Waals surface area contributed by atoms with Crippen molar-refractivity contribution in [3.05, 3.63) is 54.4 Å².